The number of aryl methyl sites for hydroxylation is 1. The van der Waals surface area contributed by atoms with Crippen LogP contribution in [0.1, 0.15) is 42.4 Å². The van der Waals surface area contributed by atoms with Crippen molar-refractivity contribution in [3.63, 3.8) is 0 Å². The minimum Gasteiger partial charge on any atom is -0.352 e. The van der Waals surface area contributed by atoms with E-state index in [0.717, 1.165) is 41.1 Å². The number of halogens is 3. The van der Waals surface area contributed by atoms with Crippen molar-refractivity contribution in [2.24, 2.45) is 0 Å². The van der Waals surface area contributed by atoms with E-state index in [2.05, 4.69) is 5.32 Å². The van der Waals surface area contributed by atoms with Crippen molar-refractivity contribution >= 4 is 62.3 Å². The highest BCUT2D eigenvalue weighted by Gasteiger charge is 2.36. The van der Waals surface area contributed by atoms with E-state index < -0.39 is 28.5 Å². The number of carbonyl (C=O) groups is 2. The number of hydrogen-bond acceptors (Lipinski definition) is 4. The molecule has 0 aromatic heterocycles. The van der Waals surface area contributed by atoms with E-state index in [9.17, 15) is 18.0 Å². The molecule has 1 atom stereocenters. The van der Waals surface area contributed by atoms with Crippen molar-refractivity contribution < 1.29 is 18.0 Å². The lowest BCUT2D eigenvalue weighted by Gasteiger charge is -2.34. The third kappa shape index (κ3) is 8.49. The van der Waals surface area contributed by atoms with Crippen LogP contribution in [0.2, 0.25) is 15.1 Å². The minimum atomic E-state index is -4.25. The van der Waals surface area contributed by atoms with Crippen LogP contribution in [0.5, 0.6) is 0 Å². The summed E-state index contributed by atoms with van der Waals surface area (Å²) in [6.45, 7) is 1.07. The molecule has 4 aromatic carbocycles. The molecule has 0 saturated heterocycles. The summed E-state index contributed by atoms with van der Waals surface area (Å²) in [5.41, 5.74) is 2.25. The fourth-order valence-corrected chi connectivity index (χ4v) is 7.88. The molecule has 0 bridgehead atoms. The minimum absolute atomic E-state index is 0.00464. The molecule has 1 aliphatic rings. The van der Waals surface area contributed by atoms with E-state index in [1.165, 1.54) is 23.1 Å². The van der Waals surface area contributed by atoms with Gasteiger partial charge in [0.05, 0.1) is 10.6 Å². The molecule has 47 heavy (non-hydrogen) atoms. The molecule has 7 nitrogen and oxygen atoms in total. The van der Waals surface area contributed by atoms with Crippen LogP contribution in [0, 0.1) is 6.92 Å². The number of carbonyl (C=O) groups excluding carboxylic acids is 2. The summed E-state index contributed by atoms with van der Waals surface area (Å²) in [7, 11) is -4.25. The van der Waals surface area contributed by atoms with Gasteiger partial charge in [0.1, 0.15) is 12.6 Å². The van der Waals surface area contributed by atoms with Gasteiger partial charge in [-0.2, -0.15) is 0 Å². The molecule has 0 aliphatic heterocycles. The van der Waals surface area contributed by atoms with E-state index in [-0.39, 0.29) is 35.5 Å². The molecule has 0 heterocycles. The first-order valence-corrected chi connectivity index (χ1v) is 18.0. The zero-order valence-electron chi connectivity index (χ0n) is 25.9. The first-order chi connectivity index (χ1) is 22.5. The van der Waals surface area contributed by atoms with Crippen molar-refractivity contribution in [1.82, 2.24) is 10.2 Å². The monoisotopic (exact) mass is 711 g/mol. The average Bonchev–Trinajstić information content (AvgIpc) is 3.58. The SMILES string of the molecule is Cc1ccc(N(CC(=O)N(Cc2c(Cl)cccc2Cl)C(Cc2ccccc2)C(=O)NC2CCCC2)S(=O)(=O)c2ccccc2)cc1Cl. The molecule has 1 saturated carbocycles. The van der Waals surface area contributed by atoms with Gasteiger partial charge in [-0.1, -0.05) is 108 Å². The zero-order valence-corrected chi connectivity index (χ0v) is 29.0. The van der Waals surface area contributed by atoms with Crippen molar-refractivity contribution in [2.45, 2.75) is 62.6 Å². The molecule has 11 heteroatoms. The van der Waals surface area contributed by atoms with Crippen LogP contribution in [-0.2, 0) is 32.6 Å². The number of anilines is 1. The molecule has 1 fully saturated rings. The Morgan fingerprint density at radius 2 is 1.45 bits per heavy atom. The Hall–Kier alpha value is -3.56. The topological polar surface area (TPSA) is 86.8 Å². The Labute approximate surface area is 291 Å². The number of benzene rings is 4. The molecule has 2 amide bonds. The van der Waals surface area contributed by atoms with Crippen LogP contribution in [0.15, 0.2) is 102 Å². The third-order valence-electron chi connectivity index (χ3n) is 8.42. The van der Waals surface area contributed by atoms with Crippen molar-refractivity contribution in [1.29, 1.82) is 0 Å². The van der Waals surface area contributed by atoms with E-state index in [1.54, 1.807) is 55.5 Å². The van der Waals surface area contributed by atoms with Gasteiger partial charge in [0.15, 0.2) is 0 Å². The summed E-state index contributed by atoms with van der Waals surface area (Å²) in [5.74, 6) is -0.937. The predicted octanol–water partition coefficient (Wildman–Crippen LogP) is 7.85. The molecule has 5 rings (SSSR count). The fourth-order valence-electron chi connectivity index (χ4n) is 5.76. The Balaban J connectivity index is 1.60. The van der Waals surface area contributed by atoms with E-state index in [1.807, 2.05) is 30.3 Å². The lowest BCUT2D eigenvalue weighted by Crippen LogP contribution is -2.54. The van der Waals surface area contributed by atoms with Gasteiger partial charge in [0, 0.05) is 39.6 Å². The number of sulfonamides is 1. The smallest absolute Gasteiger partial charge is 0.264 e. The highest BCUT2D eigenvalue weighted by Crippen LogP contribution is 2.31. The van der Waals surface area contributed by atoms with Gasteiger partial charge in [-0.3, -0.25) is 13.9 Å². The summed E-state index contributed by atoms with van der Waals surface area (Å²) in [4.78, 5) is 30.2. The Bertz CT molecular complexity index is 1800. The molecule has 1 aliphatic carbocycles. The van der Waals surface area contributed by atoms with E-state index >= 15 is 0 Å². The van der Waals surface area contributed by atoms with Gasteiger partial charge in [-0.05, 0) is 67.3 Å². The van der Waals surface area contributed by atoms with Crippen LogP contribution < -0.4 is 9.62 Å². The van der Waals surface area contributed by atoms with E-state index in [4.69, 9.17) is 34.8 Å². The highest BCUT2D eigenvalue weighted by atomic mass is 35.5. The number of rotatable bonds is 12. The Morgan fingerprint density at radius 1 is 0.830 bits per heavy atom. The summed E-state index contributed by atoms with van der Waals surface area (Å²) >= 11 is 19.7. The quantitative estimate of drug-likeness (QED) is 0.162. The highest BCUT2D eigenvalue weighted by molar-refractivity contribution is 7.92. The molecule has 0 radical (unpaired) electrons. The summed E-state index contributed by atoms with van der Waals surface area (Å²) in [5, 5.41) is 4.15. The standard InChI is InChI=1S/C36H36Cl3N3O4S/c1-25-19-20-28(22-33(25)39)42(47(45,46)29-15-6-3-7-16-29)24-35(43)41(23-30-31(37)17-10-18-32(30)38)34(21-26-11-4-2-5-12-26)36(44)40-27-13-8-9-14-27/h2-7,10-12,15-20,22,27,34H,8-9,13-14,21,23-24H2,1H3,(H,40,44). The summed E-state index contributed by atoms with van der Waals surface area (Å²) in [6, 6.07) is 26.1. The maximum Gasteiger partial charge on any atom is 0.264 e. The second-order valence-electron chi connectivity index (χ2n) is 11.7. The van der Waals surface area contributed by atoms with E-state index in [0.29, 0.717) is 20.6 Å². The van der Waals surface area contributed by atoms with Gasteiger partial charge in [-0.15, -0.1) is 0 Å². The summed E-state index contributed by atoms with van der Waals surface area (Å²) in [6.07, 6.45) is 3.92. The molecular weight excluding hydrogens is 677 g/mol. The van der Waals surface area contributed by atoms with Crippen molar-refractivity contribution in [3.8, 4) is 0 Å². The fraction of sp³-hybridized carbons (Fsp3) is 0.278. The van der Waals surface area contributed by atoms with Gasteiger partial charge >= 0.3 is 0 Å². The number of amides is 2. The van der Waals surface area contributed by atoms with Crippen LogP contribution in [-0.4, -0.2) is 43.8 Å². The lowest BCUT2D eigenvalue weighted by atomic mass is 10.0. The second kappa shape index (κ2) is 15.6. The molecular formula is C36H36Cl3N3O4S. The van der Waals surface area contributed by atoms with Crippen LogP contribution >= 0.6 is 34.8 Å². The van der Waals surface area contributed by atoms with Gasteiger partial charge in [0.25, 0.3) is 10.0 Å². The molecule has 246 valence electrons. The predicted molar refractivity (Wildman–Crippen MR) is 189 cm³/mol. The maximum atomic E-state index is 14.7. The Morgan fingerprint density at radius 3 is 2.06 bits per heavy atom. The van der Waals surface area contributed by atoms with Crippen LogP contribution in [0.4, 0.5) is 5.69 Å². The largest absolute Gasteiger partial charge is 0.352 e. The maximum absolute atomic E-state index is 14.7. The number of nitrogens with zero attached hydrogens (tertiary/aromatic N) is 2. The summed E-state index contributed by atoms with van der Waals surface area (Å²) < 4.78 is 29.4. The van der Waals surface area contributed by atoms with Gasteiger partial charge in [-0.25, -0.2) is 8.42 Å². The van der Waals surface area contributed by atoms with Crippen molar-refractivity contribution in [3.05, 3.63) is 129 Å². The second-order valence-corrected chi connectivity index (χ2v) is 14.8. The first kappa shape index (κ1) is 34.8. The molecule has 1 unspecified atom stereocenters. The van der Waals surface area contributed by atoms with Crippen LogP contribution in [0.25, 0.3) is 0 Å². The van der Waals surface area contributed by atoms with Crippen molar-refractivity contribution in [2.75, 3.05) is 10.8 Å². The number of hydrogen-bond donors (Lipinski definition) is 1. The van der Waals surface area contributed by atoms with Gasteiger partial charge < -0.3 is 10.2 Å². The van der Waals surface area contributed by atoms with Crippen LogP contribution in [0.3, 0.4) is 0 Å². The molecule has 1 N–H and O–H groups in total. The lowest BCUT2D eigenvalue weighted by molar-refractivity contribution is -0.140. The Kier molecular flexibility index (Phi) is 11.5. The third-order valence-corrected chi connectivity index (χ3v) is 11.3. The zero-order chi connectivity index (χ0) is 33.6. The first-order valence-electron chi connectivity index (χ1n) is 15.4. The molecule has 4 aromatic rings. The number of nitrogens with one attached hydrogen (secondary N) is 1. The normalized spacial score (nSPS) is 14.0. The average molecular weight is 713 g/mol. The van der Waals surface area contributed by atoms with Gasteiger partial charge in [0.2, 0.25) is 11.8 Å². The molecule has 0 spiro atoms.